The fraction of sp³-hybridized carbons (Fsp3) is 0.500. The van der Waals surface area contributed by atoms with E-state index in [2.05, 4.69) is 17.6 Å². The van der Waals surface area contributed by atoms with Crippen molar-refractivity contribution >= 4 is 21.4 Å². The van der Waals surface area contributed by atoms with Gasteiger partial charge in [0.05, 0.1) is 10.9 Å². The van der Waals surface area contributed by atoms with Gasteiger partial charge in [-0.3, -0.25) is 4.79 Å². The summed E-state index contributed by atoms with van der Waals surface area (Å²) in [7, 11) is -3.20. The van der Waals surface area contributed by atoms with Crippen molar-refractivity contribution in [3.63, 3.8) is 0 Å². The molecule has 2 unspecified atom stereocenters. The number of carbonyl (C=O) groups excluding carboxylic acids is 1. The van der Waals surface area contributed by atoms with E-state index in [0.717, 1.165) is 25.5 Å². The molecule has 1 aromatic rings. The highest BCUT2D eigenvalue weighted by atomic mass is 32.2. The largest absolute Gasteiger partial charge is 0.325 e. The Labute approximate surface area is 119 Å². The summed E-state index contributed by atoms with van der Waals surface area (Å²) in [5, 5.41) is 6.08. The van der Waals surface area contributed by atoms with Crippen LogP contribution < -0.4 is 10.6 Å². The van der Waals surface area contributed by atoms with Crippen LogP contribution in [0.5, 0.6) is 0 Å². The molecule has 1 amide bonds. The Morgan fingerprint density at radius 1 is 1.25 bits per heavy atom. The second kappa shape index (κ2) is 5.93. The Bertz CT molecular complexity index is 581. The third-order valence-corrected chi connectivity index (χ3v) is 4.61. The molecule has 0 spiro atoms. The number of hydrogen-bond donors (Lipinski definition) is 2. The molecule has 1 heterocycles. The number of anilines is 1. The lowest BCUT2D eigenvalue weighted by Crippen LogP contribution is -2.47. The van der Waals surface area contributed by atoms with Crippen molar-refractivity contribution in [2.24, 2.45) is 0 Å². The van der Waals surface area contributed by atoms with Crippen LogP contribution in [0.2, 0.25) is 0 Å². The maximum Gasteiger partial charge on any atom is 0.241 e. The van der Waals surface area contributed by atoms with Gasteiger partial charge in [-0.15, -0.1) is 0 Å². The zero-order chi connectivity index (χ0) is 14.8. The molecule has 1 saturated heterocycles. The number of hydrogen-bond acceptors (Lipinski definition) is 4. The van der Waals surface area contributed by atoms with E-state index in [1.807, 2.05) is 0 Å². The lowest BCUT2D eigenvalue weighted by Gasteiger charge is -2.27. The molecule has 2 rings (SSSR count). The van der Waals surface area contributed by atoms with Crippen LogP contribution in [0.3, 0.4) is 0 Å². The van der Waals surface area contributed by atoms with Crippen molar-refractivity contribution in [2.75, 3.05) is 11.6 Å². The van der Waals surface area contributed by atoms with E-state index >= 15 is 0 Å². The summed E-state index contributed by atoms with van der Waals surface area (Å²) in [5.74, 6) is -0.0661. The van der Waals surface area contributed by atoms with E-state index in [4.69, 9.17) is 0 Å². The van der Waals surface area contributed by atoms with Crippen molar-refractivity contribution in [1.82, 2.24) is 5.32 Å². The first-order valence-corrected chi connectivity index (χ1v) is 8.62. The SMILES string of the molecule is CC1CCCC(C(=O)Nc2ccc(S(C)(=O)=O)cc2)N1. The molecule has 0 saturated carbocycles. The average Bonchev–Trinajstić information content (AvgIpc) is 2.38. The number of benzene rings is 1. The predicted molar refractivity (Wildman–Crippen MR) is 78.4 cm³/mol. The van der Waals surface area contributed by atoms with Crippen LogP contribution in [0.15, 0.2) is 29.2 Å². The third kappa shape index (κ3) is 3.80. The van der Waals surface area contributed by atoms with Gasteiger partial charge in [-0.2, -0.15) is 0 Å². The average molecular weight is 296 g/mol. The summed E-state index contributed by atoms with van der Waals surface area (Å²) in [6, 6.07) is 6.41. The maximum absolute atomic E-state index is 12.1. The molecule has 0 aromatic heterocycles. The minimum atomic E-state index is -3.20. The van der Waals surface area contributed by atoms with Crippen LogP contribution in [0, 0.1) is 0 Å². The smallest absolute Gasteiger partial charge is 0.241 e. The summed E-state index contributed by atoms with van der Waals surface area (Å²) < 4.78 is 22.7. The predicted octanol–water partition coefficient (Wildman–Crippen LogP) is 1.56. The van der Waals surface area contributed by atoms with E-state index in [1.54, 1.807) is 12.1 Å². The minimum Gasteiger partial charge on any atom is -0.325 e. The monoisotopic (exact) mass is 296 g/mol. The van der Waals surface area contributed by atoms with Gasteiger partial charge in [-0.05, 0) is 50.5 Å². The first-order chi connectivity index (χ1) is 9.36. The topological polar surface area (TPSA) is 75.3 Å². The van der Waals surface area contributed by atoms with Gasteiger partial charge in [-0.25, -0.2) is 8.42 Å². The van der Waals surface area contributed by atoms with Crippen molar-refractivity contribution in [1.29, 1.82) is 0 Å². The molecule has 1 aromatic carbocycles. The van der Waals surface area contributed by atoms with Crippen LogP contribution in [0.1, 0.15) is 26.2 Å². The Morgan fingerprint density at radius 2 is 1.90 bits per heavy atom. The molecule has 1 aliphatic rings. The molecule has 110 valence electrons. The number of amides is 1. The lowest BCUT2D eigenvalue weighted by molar-refractivity contribution is -0.118. The number of piperidine rings is 1. The fourth-order valence-electron chi connectivity index (χ4n) is 2.36. The second-order valence-electron chi connectivity index (χ2n) is 5.34. The van der Waals surface area contributed by atoms with Gasteiger partial charge in [0.1, 0.15) is 0 Å². The molecule has 1 fully saturated rings. The van der Waals surface area contributed by atoms with Crippen LogP contribution in [-0.2, 0) is 14.6 Å². The van der Waals surface area contributed by atoms with E-state index in [0.29, 0.717) is 11.7 Å². The molecular weight excluding hydrogens is 276 g/mol. The summed E-state index contributed by atoms with van der Waals surface area (Å²) in [6.07, 6.45) is 4.12. The van der Waals surface area contributed by atoms with Crippen molar-refractivity contribution in [2.45, 2.75) is 43.2 Å². The summed E-state index contributed by atoms with van der Waals surface area (Å²) >= 11 is 0. The van der Waals surface area contributed by atoms with Gasteiger partial charge >= 0.3 is 0 Å². The van der Waals surface area contributed by atoms with Crippen LogP contribution >= 0.6 is 0 Å². The Morgan fingerprint density at radius 3 is 2.45 bits per heavy atom. The molecule has 6 heteroatoms. The minimum absolute atomic E-state index is 0.0661. The van der Waals surface area contributed by atoms with Crippen molar-refractivity contribution < 1.29 is 13.2 Å². The molecule has 0 bridgehead atoms. The summed E-state index contributed by atoms with van der Waals surface area (Å²) in [5.41, 5.74) is 0.613. The molecule has 20 heavy (non-hydrogen) atoms. The van der Waals surface area contributed by atoms with Crippen molar-refractivity contribution in [3.05, 3.63) is 24.3 Å². The quantitative estimate of drug-likeness (QED) is 0.887. The summed E-state index contributed by atoms with van der Waals surface area (Å²) in [6.45, 7) is 2.07. The highest BCUT2D eigenvalue weighted by Gasteiger charge is 2.24. The zero-order valence-electron chi connectivity index (χ0n) is 11.7. The molecule has 0 aliphatic carbocycles. The van der Waals surface area contributed by atoms with Gasteiger partial charge < -0.3 is 10.6 Å². The number of sulfone groups is 1. The third-order valence-electron chi connectivity index (χ3n) is 3.48. The van der Waals surface area contributed by atoms with Gasteiger partial charge in [0.25, 0.3) is 0 Å². The highest BCUT2D eigenvalue weighted by Crippen LogP contribution is 2.16. The van der Waals surface area contributed by atoms with Gasteiger partial charge in [0.15, 0.2) is 9.84 Å². The number of rotatable bonds is 3. The molecule has 2 N–H and O–H groups in total. The number of nitrogens with one attached hydrogen (secondary N) is 2. The molecule has 1 aliphatic heterocycles. The van der Waals surface area contributed by atoms with Crippen molar-refractivity contribution in [3.8, 4) is 0 Å². The normalized spacial score (nSPS) is 23.3. The van der Waals surface area contributed by atoms with Crippen LogP contribution in [0.25, 0.3) is 0 Å². The van der Waals surface area contributed by atoms with E-state index < -0.39 is 9.84 Å². The highest BCUT2D eigenvalue weighted by molar-refractivity contribution is 7.90. The van der Waals surface area contributed by atoms with Crippen LogP contribution in [0.4, 0.5) is 5.69 Å². The first-order valence-electron chi connectivity index (χ1n) is 6.73. The van der Waals surface area contributed by atoms with Gasteiger partial charge in [0, 0.05) is 18.0 Å². The van der Waals surface area contributed by atoms with Gasteiger partial charge in [-0.1, -0.05) is 0 Å². The maximum atomic E-state index is 12.1. The molecule has 5 nitrogen and oxygen atoms in total. The molecule has 2 atom stereocenters. The fourth-order valence-corrected chi connectivity index (χ4v) is 2.99. The van der Waals surface area contributed by atoms with E-state index in [-0.39, 0.29) is 16.8 Å². The molecule has 0 radical (unpaired) electrons. The Hall–Kier alpha value is -1.40. The van der Waals surface area contributed by atoms with Gasteiger partial charge in [0.2, 0.25) is 5.91 Å². The lowest BCUT2D eigenvalue weighted by atomic mass is 9.99. The number of carbonyl (C=O) groups is 1. The Kier molecular flexibility index (Phi) is 4.45. The van der Waals surface area contributed by atoms with Crippen LogP contribution in [-0.4, -0.2) is 32.7 Å². The van der Waals surface area contributed by atoms with E-state index in [9.17, 15) is 13.2 Å². The van der Waals surface area contributed by atoms with E-state index in [1.165, 1.54) is 12.1 Å². The standard InChI is InChI=1S/C14H20N2O3S/c1-10-4-3-5-13(15-10)14(17)16-11-6-8-12(9-7-11)20(2,18)19/h6-10,13,15H,3-5H2,1-2H3,(H,16,17). The second-order valence-corrected chi connectivity index (χ2v) is 7.35. The summed E-state index contributed by atoms with van der Waals surface area (Å²) in [4.78, 5) is 12.4. The Balaban J connectivity index is 2.01. The molecular formula is C14H20N2O3S. The zero-order valence-corrected chi connectivity index (χ0v) is 12.5. The first kappa shape index (κ1) is 15.0.